The lowest BCUT2D eigenvalue weighted by Crippen LogP contribution is -2.49. The number of ether oxygens (including phenoxy) is 1. The average molecular weight is 196 g/mol. The zero-order chi connectivity index (χ0) is 10.2. The molecule has 0 amide bonds. The molecule has 3 atom stereocenters. The van der Waals surface area contributed by atoms with Gasteiger partial charge in [-0.3, -0.25) is 0 Å². The van der Waals surface area contributed by atoms with Crippen LogP contribution in [0.15, 0.2) is 12.2 Å². The molecule has 0 radical (unpaired) electrons. The topological polar surface area (TPSA) is 46.5 Å². The van der Waals surface area contributed by atoms with Gasteiger partial charge in [0.05, 0.1) is 0 Å². The van der Waals surface area contributed by atoms with E-state index in [1.807, 2.05) is 6.92 Å². The van der Waals surface area contributed by atoms with E-state index in [2.05, 4.69) is 0 Å². The van der Waals surface area contributed by atoms with Gasteiger partial charge >= 0.3 is 5.97 Å². The fourth-order valence-corrected chi connectivity index (χ4v) is 2.42. The Kier molecular flexibility index (Phi) is 2.35. The SMILES string of the molecule is C[C@H]1CCCC[C@]1(O)[C@H]1C=CC(=O)O1. The van der Waals surface area contributed by atoms with Crippen molar-refractivity contribution in [3.8, 4) is 0 Å². The molecule has 1 heterocycles. The molecular weight excluding hydrogens is 180 g/mol. The van der Waals surface area contributed by atoms with Crippen LogP contribution in [-0.2, 0) is 9.53 Å². The Hall–Kier alpha value is -0.830. The maximum absolute atomic E-state index is 10.9. The molecule has 3 heteroatoms. The lowest BCUT2D eigenvalue weighted by Gasteiger charge is -2.40. The largest absolute Gasteiger partial charge is 0.452 e. The second-order valence-corrected chi connectivity index (χ2v) is 4.35. The lowest BCUT2D eigenvalue weighted by molar-refractivity contribution is -0.160. The molecule has 78 valence electrons. The van der Waals surface area contributed by atoms with Gasteiger partial charge in [-0.1, -0.05) is 19.8 Å². The molecule has 1 aliphatic carbocycles. The Morgan fingerprint density at radius 3 is 2.93 bits per heavy atom. The van der Waals surface area contributed by atoms with Crippen LogP contribution >= 0.6 is 0 Å². The van der Waals surface area contributed by atoms with Gasteiger partial charge in [0.2, 0.25) is 0 Å². The molecule has 0 saturated heterocycles. The number of rotatable bonds is 1. The van der Waals surface area contributed by atoms with Crippen molar-refractivity contribution in [1.82, 2.24) is 0 Å². The highest BCUT2D eigenvalue weighted by Gasteiger charge is 2.45. The number of hydrogen-bond acceptors (Lipinski definition) is 3. The Morgan fingerprint density at radius 1 is 1.57 bits per heavy atom. The summed E-state index contributed by atoms with van der Waals surface area (Å²) in [6.07, 6.45) is 6.59. The first-order valence-corrected chi connectivity index (χ1v) is 5.24. The summed E-state index contributed by atoms with van der Waals surface area (Å²) in [6.45, 7) is 2.03. The number of carbonyl (C=O) groups is 1. The van der Waals surface area contributed by atoms with Crippen molar-refractivity contribution in [2.75, 3.05) is 0 Å². The molecule has 2 rings (SSSR count). The van der Waals surface area contributed by atoms with Crippen molar-refractivity contribution >= 4 is 5.97 Å². The second kappa shape index (κ2) is 3.39. The highest BCUT2D eigenvalue weighted by molar-refractivity contribution is 5.84. The van der Waals surface area contributed by atoms with E-state index in [9.17, 15) is 9.90 Å². The minimum absolute atomic E-state index is 0.205. The molecular formula is C11H16O3. The third kappa shape index (κ3) is 1.46. The van der Waals surface area contributed by atoms with Gasteiger partial charge in [-0.25, -0.2) is 4.79 Å². The normalized spacial score (nSPS) is 42.6. The van der Waals surface area contributed by atoms with Gasteiger partial charge in [-0.05, 0) is 24.8 Å². The minimum Gasteiger partial charge on any atom is -0.452 e. The van der Waals surface area contributed by atoms with Crippen molar-refractivity contribution in [2.45, 2.75) is 44.3 Å². The third-order valence-corrected chi connectivity index (χ3v) is 3.46. The van der Waals surface area contributed by atoms with Crippen LogP contribution in [0, 0.1) is 5.92 Å². The molecule has 0 spiro atoms. The fourth-order valence-electron chi connectivity index (χ4n) is 2.42. The van der Waals surface area contributed by atoms with Gasteiger partial charge in [0.25, 0.3) is 0 Å². The molecule has 1 saturated carbocycles. The summed E-state index contributed by atoms with van der Waals surface area (Å²) < 4.78 is 5.07. The van der Waals surface area contributed by atoms with E-state index < -0.39 is 11.7 Å². The number of hydrogen-bond donors (Lipinski definition) is 1. The average Bonchev–Trinajstić information content (AvgIpc) is 2.58. The predicted octanol–water partition coefficient (Wildman–Crippen LogP) is 1.41. The zero-order valence-corrected chi connectivity index (χ0v) is 8.40. The Bertz CT molecular complexity index is 272. The smallest absolute Gasteiger partial charge is 0.331 e. The molecule has 3 nitrogen and oxygen atoms in total. The van der Waals surface area contributed by atoms with Crippen LogP contribution < -0.4 is 0 Å². The van der Waals surface area contributed by atoms with E-state index >= 15 is 0 Å². The summed E-state index contributed by atoms with van der Waals surface area (Å²) in [5, 5.41) is 10.4. The van der Waals surface area contributed by atoms with Crippen molar-refractivity contribution in [2.24, 2.45) is 5.92 Å². The van der Waals surface area contributed by atoms with Crippen LogP contribution in [-0.4, -0.2) is 22.8 Å². The Labute approximate surface area is 83.8 Å². The van der Waals surface area contributed by atoms with E-state index in [0.717, 1.165) is 25.7 Å². The van der Waals surface area contributed by atoms with Crippen molar-refractivity contribution < 1.29 is 14.6 Å². The molecule has 14 heavy (non-hydrogen) atoms. The second-order valence-electron chi connectivity index (χ2n) is 4.35. The van der Waals surface area contributed by atoms with Gasteiger partial charge in [0, 0.05) is 6.08 Å². The van der Waals surface area contributed by atoms with E-state index in [4.69, 9.17) is 4.74 Å². The summed E-state index contributed by atoms with van der Waals surface area (Å²) >= 11 is 0. The third-order valence-electron chi connectivity index (χ3n) is 3.46. The van der Waals surface area contributed by atoms with Crippen LogP contribution in [0.1, 0.15) is 32.6 Å². The molecule has 0 aromatic rings. The number of carbonyl (C=O) groups excluding carboxylic acids is 1. The zero-order valence-electron chi connectivity index (χ0n) is 8.40. The highest BCUT2D eigenvalue weighted by atomic mass is 16.6. The summed E-state index contributed by atoms with van der Waals surface area (Å²) in [4.78, 5) is 10.9. The maximum Gasteiger partial charge on any atom is 0.331 e. The lowest BCUT2D eigenvalue weighted by atomic mass is 9.73. The van der Waals surface area contributed by atoms with Crippen LogP contribution in [0.4, 0.5) is 0 Å². The highest BCUT2D eigenvalue weighted by Crippen LogP contribution is 2.38. The van der Waals surface area contributed by atoms with Crippen LogP contribution in [0.2, 0.25) is 0 Å². The summed E-state index contributed by atoms with van der Waals surface area (Å²) in [7, 11) is 0. The van der Waals surface area contributed by atoms with E-state index in [1.165, 1.54) is 6.08 Å². The first kappa shape index (κ1) is 9.71. The molecule has 2 aliphatic rings. The number of esters is 1. The Balaban J connectivity index is 2.14. The van der Waals surface area contributed by atoms with Crippen molar-refractivity contribution in [1.29, 1.82) is 0 Å². The first-order valence-electron chi connectivity index (χ1n) is 5.24. The fraction of sp³-hybridized carbons (Fsp3) is 0.727. The molecule has 1 fully saturated rings. The summed E-state index contributed by atoms with van der Waals surface area (Å²) in [5.41, 5.74) is -0.832. The molecule has 0 unspecified atom stereocenters. The summed E-state index contributed by atoms with van der Waals surface area (Å²) in [6, 6.07) is 0. The molecule has 0 aromatic heterocycles. The standard InChI is InChI=1S/C11H16O3/c1-8-4-2-3-7-11(8,13)9-5-6-10(12)14-9/h5-6,8-9,13H,2-4,7H2,1H3/t8-,9+,11+/m0/s1. The van der Waals surface area contributed by atoms with Gasteiger partial charge in [-0.15, -0.1) is 0 Å². The molecule has 1 aliphatic heterocycles. The number of cyclic esters (lactones) is 1. The first-order chi connectivity index (χ1) is 6.63. The van der Waals surface area contributed by atoms with Crippen molar-refractivity contribution in [3.63, 3.8) is 0 Å². The van der Waals surface area contributed by atoms with Gasteiger partial charge in [0.15, 0.2) is 0 Å². The Morgan fingerprint density at radius 2 is 2.36 bits per heavy atom. The summed E-state index contributed by atoms with van der Waals surface area (Å²) in [5.74, 6) is -0.127. The quantitative estimate of drug-likeness (QED) is 0.645. The van der Waals surface area contributed by atoms with Crippen LogP contribution in [0.3, 0.4) is 0 Å². The van der Waals surface area contributed by atoms with Crippen LogP contribution in [0.25, 0.3) is 0 Å². The van der Waals surface area contributed by atoms with Gasteiger partial charge in [0.1, 0.15) is 11.7 Å². The monoisotopic (exact) mass is 196 g/mol. The van der Waals surface area contributed by atoms with Gasteiger partial charge < -0.3 is 9.84 Å². The van der Waals surface area contributed by atoms with Gasteiger partial charge in [-0.2, -0.15) is 0 Å². The number of aliphatic hydroxyl groups is 1. The maximum atomic E-state index is 10.9. The molecule has 1 N–H and O–H groups in total. The molecule has 0 bridgehead atoms. The predicted molar refractivity (Wildman–Crippen MR) is 51.6 cm³/mol. The van der Waals surface area contributed by atoms with E-state index in [-0.39, 0.29) is 11.9 Å². The minimum atomic E-state index is -0.832. The van der Waals surface area contributed by atoms with E-state index in [0.29, 0.717) is 0 Å². The van der Waals surface area contributed by atoms with E-state index in [1.54, 1.807) is 6.08 Å². The van der Waals surface area contributed by atoms with Crippen molar-refractivity contribution in [3.05, 3.63) is 12.2 Å². The molecule has 0 aromatic carbocycles. The van der Waals surface area contributed by atoms with Crippen LogP contribution in [0.5, 0.6) is 0 Å².